The third-order valence-electron chi connectivity index (χ3n) is 5.07. The number of amides is 1. The van der Waals surface area contributed by atoms with Crippen LogP contribution in [0.4, 0.5) is 17.2 Å². The maximum Gasteiger partial charge on any atom is 0.234 e. The minimum Gasteiger partial charge on any atom is -0.368 e. The number of anilines is 3. The van der Waals surface area contributed by atoms with Gasteiger partial charge in [-0.3, -0.25) is 4.79 Å². The molecule has 1 aliphatic rings. The molecule has 31 heavy (non-hydrogen) atoms. The second-order valence-corrected chi connectivity index (χ2v) is 9.12. The molecule has 0 unspecified atom stereocenters. The van der Waals surface area contributed by atoms with Crippen molar-refractivity contribution in [2.75, 3.05) is 47.0 Å². The number of carbonyl (C=O) groups is 1. The highest BCUT2D eigenvalue weighted by atomic mass is 79.9. The third-order valence-corrected chi connectivity index (χ3v) is 6.59. The van der Waals surface area contributed by atoms with Crippen LogP contribution in [0.2, 0.25) is 0 Å². The maximum absolute atomic E-state index is 12.4. The molecule has 1 aliphatic heterocycles. The molecular formula is C23H24BrN5OS. The lowest BCUT2D eigenvalue weighted by atomic mass is 10.2. The molecule has 0 bridgehead atoms. The number of piperazine rings is 1. The highest BCUT2D eigenvalue weighted by Crippen LogP contribution is 2.24. The minimum absolute atomic E-state index is 0.0833. The van der Waals surface area contributed by atoms with Crippen molar-refractivity contribution in [1.29, 1.82) is 0 Å². The highest BCUT2D eigenvalue weighted by molar-refractivity contribution is 9.10. The number of para-hydroxylation sites is 1. The van der Waals surface area contributed by atoms with Crippen molar-refractivity contribution >= 4 is 50.8 Å². The van der Waals surface area contributed by atoms with Crippen LogP contribution in [0.5, 0.6) is 0 Å². The fourth-order valence-electron chi connectivity index (χ4n) is 3.45. The number of thioether (sulfide) groups is 1. The van der Waals surface area contributed by atoms with Gasteiger partial charge in [-0.25, -0.2) is 9.97 Å². The van der Waals surface area contributed by atoms with Crippen LogP contribution in [0.3, 0.4) is 0 Å². The molecule has 0 atom stereocenters. The summed E-state index contributed by atoms with van der Waals surface area (Å²) in [5, 5.41) is 3.54. The Morgan fingerprint density at radius 2 is 1.81 bits per heavy atom. The summed E-state index contributed by atoms with van der Waals surface area (Å²) in [6.07, 6.45) is 1.77. The van der Waals surface area contributed by atoms with Crippen molar-refractivity contribution in [3.8, 4) is 0 Å². The zero-order valence-electron chi connectivity index (χ0n) is 17.3. The normalized spacial score (nSPS) is 13.9. The fraction of sp³-hybridized carbons (Fsp3) is 0.261. The van der Waals surface area contributed by atoms with Crippen LogP contribution in [0.25, 0.3) is 0 Å². The van der Waals surface area contributed by atoms with Gasteiger partial charge in [-0.15, -0.1) is 0 Å². The summed E-state index contributed by atoms with van der Waals surface area (Å²) in [5.41, 5.74) is 3.16. The second kappa shape index (κ2) is 10.2. The number of rotatable bonds is 6. The van der Waals surface area contributed by atoms with Crippen molar-refractivity contribution in [3.05, 3.63) is 70.8 Å². The number of hydrogen-bond donors (Lipinski definition) is 1. The molecule has 8 heteroatoms. The SMILES string of the molecule is Cc1ccc(NC(=O)CSc2nccc(N3CCN(c4ccccc4)CC3)n2)c(Br)c1. The summed E-state index contributed by atoms with van der Waals surface area (Å²) in [4.78, 5) is 26.0. The minimum atomic E-state index is -0.0833. The number of nitrogens with one attached hydrogen (secondary N) is 1. The maximum atomic E-state index is 12.4. The Morgan fingerprint density at radius 1 is 1.06 bits per heavy atom. The highest BCUT2D eigenvalue weighted by Gasteiger charge is 2.19. The van der Waals surface area contributed by atoms with Crippen molar-refractivity contribution in [2.24, 2.45) is 0 Å². The predicted octanol–water partition coefficient (Wildman–Crippen LogP) is 4.60. The van der Waals surface area contributed by atoms with Crippen LogP contribution < -0.4 is 15.1 Å². The van der Waals surface area contributed by atoms with E-state index in [0.29, 0.717) is 5.16 Å². The molecule has 2 aromatic carbocycles. The summed E-state index contributed by atoms with van der Waals surface area (Å²) in [7, 11) is 0. The Balaban J connectivity index is 1.31. The van der Waals surface area contributed by atoms with Crippen molar-refractivity contribution in [1.82, 2.24) is 9.97 Å². The van der Waals surface area contributed by atoms with Gasteiger partial charge in [0.15, 0.2) is 5.16 Å². The third kappa shape index (κ3) is 5.77. The quantitative estimate of drug-likeness (QED) is 0.396. The van der Waals surface area contributed by atoms with Crippen LogP contribution in [-0.4, -0.2) is 47.8 Å². The van der Waals surface area contributed by atoms with E-state index in [1.54, 1.807) is 6.20 Å². The molecule has 0 radical (unpaired) electrons. The standard InChI is InChI=1S/C23H24BrN5OS/c1-17-7-8-20(19(24)15-17)26-22(30)16-31-23-25-10-9-21(27-23)29-13-11-28(12-14-29)18-5-3-2-4-6-18/h2-10,15H,11-14,16H2,1H3,(H,26,30). The molecule has 2 heterocycles. The smallest absolute Gasteiger partial charge is 0.234 e. The van der Waals surface area contributed by atoms with Gasteiger partial charge in [0.2, 0.25) is 5.91 Å². The van der Waals surface area contributed by atoms with Crippen LogP contribution >= 0.6 is 27.7 Å². The van der Waals surface area contributed by atoms with Gasteiger partial charge in [0.1, 0.15) is 5.82 Å². The van der Waals surface area contributed by atoms with Gasteiger partial charge >= 0.3 is 0 Å². The number of nitrogens with zero attached hydrogens (tertiary/aromatic N) is 4. The first-order valence-corrected chi connectivity index (χ1v) is 11.9. The number of aryl methyl sites for hydroxylation is 1. The first kappa shape index (κ1) is 21.6. The summed E-state index contributed by atoms with van der Waals surface area (Å²) in [6.45, 7) is 5.71. The molecule has 1 fully saturated rings. The van der Waals surface area contributed by atoms with E-state index in [2.05, 4.69) is 65.3 Å². The number of aromatic nitrogens is 2. The Bertz CT molecular complexity index is 1040. The lowest BCUT2D eigenvalue weighted by molar-refractivity contribution is -0.113. The first-order chi connectivity index (χ1) is 15.1. The van der Waals surface area contributed by atoms with Gasteiger partial charge in [0.05, 0.1) is 11.4 Å². The molecule has 1 N–H and O–H groups in total. The van der Waals surface area contributed by atoms with Gasteiger partial charge in [-0.05, 0) is 58.7 Å². The first-order valence-electron chi connectivity index (χ1n) is 10.2. The molecule has 3 aromatic rings. The number of halogens is 1. The number of hydrogen-bond acceptors (Lipinski definition) is 6. The van der Waals surface area contributed by atoms with Crippen molar-refractivity contribution in [2.45, 2.75) is 12.1 Å². The van der Waals surface area contributed by atoms with Crippen LogP contribution in [-0.2, 0) is 4.79 Å². The van der Waals surface area contributed by atoms with Gasteiger partial charge < -0.3 is 15.1 Å². The van der Waals surface area contributed by atoms with E-state index >= 15 is 0 Å². The Labute approximate surface area is 195 Å². The van der Waals surface area contributed by atoms with Crippen LogP contribution in [0.15, 0.2) is 70.4 Å². The van der Waals surface area contributed by atoms with Crippen molar-refractivity contribution < 1.29 is 4.79 Å². The van der Waals surface area contributed by atoms with E-state index in [1.807, 2.05) is 37.3 Å². The topological polar surface area (TPSA) is 61.4 Å². The average Bonchev–Trinajstić information content (AvgIpc) is 2.80. The molecule has 1 saturated heterocycles. The van der Waals surface area contributed by atoms with E-state index < -0.39 is 0 Å². The van der Waals surface area contributed by atoms with E-state index in [4.69, 9.17) is 0 Å². The van der Waals surface area contributed by atoms with Crippen LogP contribution in [0.1, 0.15) is 5.56 Å². The zero-order chi connectivity index (χ0) is 21.6. The summed E-state index contributed by atoms with van der Waals surface area (Å²) < 4.78 is 0.874. The second-order valence-electron chi connectivity index (χ2n) is 7.33. The number of carbonyl (C=O) groups excluding carboxylic acids is 1. The summed E-state index contributed by atoms with van der Waals surface area (Å²) in [5.74, 6) is 1.08. The molecule has 4 rings (SSSR count). The van der Waals surface area contributed by atoms with Gasteiger partial charge in [0.25, 0.3) is 0 Å². The molecule has 1 aromatic heterocycles. The Morgan fingerprint density at radius 3 is 2.55 bits per heavy atom. The molecule has 0 saturated carbocycles. The molecule has 0 spiro atoms. The van der Waals surface area contributed by atoms with E-state index in [-0.39, 0.29) is 11.7 Å². The Kier molecular flexibility index (Phi) is 7.09. The predicted molar refractivity (Wildman–Crippen MR) is 131 cm³/mol. The van der Waals surface area contributed by atoms with E-state index in [9.17, 15) is 4.79 Å². The average molecular weight is 498 g/mol. The molecule has 6 nitrogen and oxygen atoms in total. The van der Waals surface area contributed by atoms with Gasteiger partial charge in [-0.1, -0.05) is 36.0 Å². The molecule has 0 aliphatic carbocycles. The van der Waals surface area contributed by atoms with E-state index in [1.165, 1.54) is 17.4 Å². The zero-order valence-corrected chi connectivity index (χ0v) is 19.7. The van der Waals surface area contributed by atoms with Gasteiger partial charge in [-0.2, -0.15) is 0 Å². The van der Waals surface area contributed by atoms with Crippen molar-refractivity contribution in [3.63, 3.8) is 0 Å². The number of benzene rings is 2. The summed E-state index contributed by atoms with van der Waals surface area (Å²) in [6, 6.07) is 18.3. The molecule has 1 amide bonds. The Hall–Kier alpha value is -2.58. The summed E-state index contributed by atoms with van der Waals surface area (Å²) >= 11 is 4.83. The lowest BCUT2D eigenvalue weighted by Crippen LogP contribution is -2.46. The monoisotopic (exact) mass is 497 g/mol. The molecule has 160 valence electrons. The van der Waals surface area contributed by atoms with E-state index in [0.717, 1.165) is 47.7 Å². The van der Waals surface area contributed by atoms with Crippen LogP contribution in [0, 0.1) is 6.92 Å². The largest absolute Gasteiger partial charge is 0.368 e. The lowest BCUT2D eigenvalue weighted by Gasteiger charge is -2.36. The molecular weight excluding hydrogens is 474 g/mol. The fourth-order valence-corrected chi connectivity index (χ4v) is 4.67. The van der Waals surface area contributed by atoms with Gasteiger partial charge in [0, 0.05) is 42.5 Å².